The summed E-state index contributed by atoms with van der Waals surface area (Å²) in [5.74, 6) is -2.16. The fraction of sp³-hybridized carbons (Fsp3) is 0.0909. The summed E-state index contributed by atoms with van der Waals surface area (Å²) < 4.78 is 0. The van der Waals surface area contributed by atoms with E-state index in [9.17, 15) is 9.59 Å². The SMILES string of the molecule is O=C(O)C(Cl)=C(Cl)C(=O)NCc1ccccc1. The molecule has 0 aliphatic carbocycles. The molecule has 0 spiro atoms. The third-order valence-corrected chi connectivity index (χ3v) is 2.68. The van der Waals surface area contributed by atoms with Gasteiger partial charge in [0.2, 0.25) is 0 Å². The van der Waals surface area contributed by atoms with Crippen molar-refractivity contribution in [3.8, 4) is 0 Å². The minimum absolute atomic E-state index is 0.250. The molecule has 2 N–H and O–H groups in total. The van der Waals surface area contributed by atoms with Gasteiger partial charge in [0, 0.05) is 6.54 Å². The predicted molar refractivity (Wildman–Crippen MR) is 64.7 cm³/mol. The molecule has 0 heterocycles. The Bertz CT molecular complexity index is 457. The first kappa shape index (κ1) is 13.5. The molecule has 0 saturated carbocycles. The number of benzene rings is 1. The van der Waals surface area contributed by atoms with Crippen molar-refractivity contribution in [3.63, 3.8) is 0 Å². The number of amides is 1. The van der Waals surface area contributed by atoms with E-state index in [1.807, 2.05) is 30.3 Å². The second kappa shape index (κ2) is 6.27. The molecule has 6 heteroatoms. The number of rotatable bonds is 4. The number of aliphatic carboxylic acids is 1. The van der Waals surface area contributed by atoms with E-state index in [1.165, 1.54) is 0 Å². The van der Waals surface area contributed by atoms with Crippen LogP contribution in [0.2, 0.25) is 0 Å². The van der Waals surface area contributed by atoms with Gasteiger partial charge in [-0.3, -0.25) is 4.79 Å². The molecule has 1 rings (SSSR count). The Morgan fingerprint density at radius 1 is 1.12 bits per heavy atom. The maximum Gasteiger partial charge on any atom is 0.349 e. The first-order valence-electron chi connectivity index (χ1n) is 4.63. The summed E-state index contributed by atoms with van der Waals surface area (Å²) in [4.78, 5) is 21.9. The smallest absolute Gasteiger partial charge is 0.349 e. The molecule has 0 unspecified atom stereocenters. The predicted octanol–water partition coefficient (Wildman–Crippen LogP) is 2.08. The van der Waals surface area contributed by atoms with Crippen molar-refractivity contribution >= 4 is 35.1 Å². The lowest BCUT2D eigenvalue weighted by Crippen LogP contribution is -2.24. The van der Waals surface area contributed by atoms with Crippen LogP contribution in [0.3, 0.4) is 0 Å². The summed E-state index contributed by atoms with van der Waals surface area (Å²) in [5, 5.41) is 9.76. The molecule has 4 nitrogen and oxygen atoms in total. The van der Waals surface area contributed by atoms with Crippen LogP contribution in [0.1, 0.15) is 5.56 Å². The number of nitrogens with one attached hydrogen (secondary N) is 1. The number of carboxylic acid groups (broad SMARTS) is 1. The van der Waals surface area contributed by atoms with Gasteiger partial charge in [-0.05, 0) is 5.56 Å². The largest absolute Gasteiger partial charge is 0.477 e. The average Bonchev–Trinajstić information content (AvgIpc) is 2.35. The first-order chi connectivity index (χ1) is 8.02. The Kier molecular flexibility index (Phi) is 5.00. The van der Waals surface area contributed by atoms with Gasteiger partial charge in [0.25, 0.3) is 5.91 Å². The van der Waals surface area contributed by atoms with Crippen LogP contribution in [0.25, 0.3) is 0 Å². The van der Waals surface area contributed by atoms with Crippen LogP contribution in [-0.2, 0) is 16.1 Å². The Balaban J connectivity index is 2.62. The number of carbonyl (C=O) groups excluding carboxylic acids is 1. The first-order valence-corrected chi connectivity index (χ1v) is 5.38. The zero-order chi connectivity index (χ0) is 12.8. The quantitative estimate of drug-likeness (QED) is 0.826. The molecule has 0 fully saturated rings. The standard InChI is InChI=1S/C11H9Cl2NO3/c12-8(9(13)11(16)17)10(15)14-6-7-4-2-1-3-5-7/h1-5H,6H2,(H,14,15)(H,16,17). The Morgan fingerprint density at radius 2 is 1.71 bits per heavy atom. The summed E-state index contributed by atoms with van der Waals surface area (Å²) >= 11 is 10.8. The molecular formula is C11H9Cl2NO3. The molecule has 0 atom stereocenters. The average molecular weight is 274 g/mol. The highest BCUT2D eigenvalue weighted by Gasteiger charge is 2.16. The number of carbonyl (C=O) groups is 2. The molecule has 0 aliphatic heterocycles. The van der Waals surface area contributed by atoms with Crippen LogP contribution in [0, 0.1) is 0 Å². The third-order valence-electron chi connectivity index (χ3n) is 1.88. The molecule has 1 amide bonds. The minimum Gasteiger partial charge on any atom is -0.477 e. The lowest BCUT2D eigenvalue weighted by Gasteiger charge is -2.04. The van der Waals surface area contributed by atoms with Crippen molar-refractivity contribution in [2.75, 3.05) is 0 Å². The number of carboxylic acids is 1. The van der Waals surface area contributed by atoms with Crippen molar-refractivity contribution in [2.24, 2.45) is 0 Å². The summed E-state index contributed by atoms with van der Waals surface area (Å²) in [6.07, 6.45) is 0. The van der Waals surface area contributed by atoms with Crippen molar-refractivity contribution in [1.82, 2.24) is 5.32 Å². The van der Waals surface area contributed by atoms with Crippen molar-refractivity contribution in [3.05, 3.63) is 46.0 Å². The van der Waals surface area contributed by atoms with Crippen LogP contribution < -0.4 is 5.32 Å². The Labute approximate surface area is 108 Å². The van der Waals surface area contributed by atoms with Crippen LogP contribution >= 0.6 is 23.2 Å². The van der Waals surface area contributed by atoms with Crippen molar-refractivity contribution < 1.29 is 14.7 Å². The summed E-state index contributed by atoms with van der Waals surface area (Å²) in [6.45, 7) is 0.250. The van der Waals surface area contributed by atoms with E-state index in [4.69, 9.17) is 28.3 Å². The molecule has 0 radical (unpaired) electrons. The van der Waals surface area contributed by atoms with Gasteiger partial charge in [0.1, 0.15) is 10.1 Å². The molecule has 90 valence electrons. The van der Waals surface area contributed by atoms with E-state index in [0.717, 1.165) is 5.56 Å². The highest BCUT2D eigenvalue weighted by atomic mass is 35.5. The van der Waals surface area contributed by atoms with Crippen LogP contribution in [0.15, 0.2) is 40.4 Å². The van der Waals surface area contributed by atoms with Crippen molar-refractivity contribution in [2.45, 2.75) is 6.54 Å². The van der Waals surface area contributed by atoms with Gasteiger partial charge in [0.15, 0.2) is 0 Å². The van der Waals surface area contributed by atoms with E-state index >= 15 is 0 Å². The van der Waals surface area contributed by atoms with Crippen molar-refractivity contribution in [1.29, 1.82) is 0 Å². The zero-order valence-corrected chi connectivity index (χ0v) is 10.1. The van der Waals surface area contributed by atoms with Gasteiger partial charge in [-0.25, -0.2) is 4.79 Å². The van der Waals surface area contributed by atoms with Gasteiger partial charge in [0.05, 0.1) is 0 Å². The molecule has 1 aromatic carbocycles. The highest BCUT2D eigenvalue weighted by molar-refractivity contribution is 6.53. The Hall–Kier alpha value is -1.52. The van der Waals surface area contributed by atoms with Gasteiger partial charge >= 0.3 is 5.97 Å². The zero-order valence-electron chi connectivity index (χ0n) is 8.61. The van der Waals surface area contributed by atoms with Gasteiger partial charge in [-0.2, -0.15) is 0 Å². The second-order valence-corrected chi connectivity index (χ2v) is 3.86. The van der Waals surface area contributed by atoms with Crippen LogP contribution in [-0.4, -0.2) is 17.0 Å². The number of halogens is 2. The molecule has 0 bridgehead atoms. The maximum absolute atomic E-state index is 11.4. The summed E-state index contributed by atoms with van der Waals surface area (Å²) in [5.41, 5.74) is 0.872. The molecule has 0 aromatic heterocycles. The lowest BCUT2D eigenvalue weighted by molar-refractivity contribution is -0.132. The summed E-state index contributed by atoms with van der Waals surface area (Å²) in [7, 11) is 0. The normalized spacial score (nSPS) is 11.6. The fourth-order valence-electron chi connectivity index (χ4n) is 1.05. The maximum atomic E-state index is 11.4. The van der Waals surface area contributed by atoms with E-state index < -0.39 is 21.9 Å². The van der Waals surface area contributed by atoms with Gasteiger partial charge < -0.3 is 10.4 Å². The van der Waals surface area contributed by atoms with E-state index in [-0.39, 0.29) is 6.54 Å². The van der Waals surface area contributed by atoms with Gasteiger partial charge in [-0.1, -0.05) is 53.5 Å². The topological polar surface area (TPSA) is 66.4 Å². The number of hydrogen-bond donors (Lipinski definition) is 2. The fourth-order valence-corrected chi connectivity index (χ4v) is 1.28. The second-order valence-electron chi connectivity index (χ2n) is 3.10. The van der Waals surface area contributed by atoms with E-state index in [2.05, 4.69) is 5.32 Å². The molecule has 17 heavy (non-hydrogen) atoms. The summed E-state index contributed by atoms with van der Waals surface area (Å²) in [6, 6.07) is 9.12. The van der Waals surface area contributed by atoms with Crippen LogP contribution in [0.5, 0.6) is 0 Å². The molecular weight excluding hydrogens is 265 g/mol. The number of hydrogen-bond acceptors (Lipinski definition) is 2. The molecule has 0 saturated heterocycles. The molecule has 1 aromatic rings. The Morgan fingerprint density at radius 3 is 2.24 bits per heavy atom. The minimum atomic E-state index is -1.44. The molecule has 0 aliphatic rings. The van der Waals surface area contributed by atoms with Crippen LogP contribution in [0.4, 0.5) is 0 Å². The van der Waals surface area contributed by atoms with E-state index in [0.29, 0.717) is 0 Å². The van der Waals surface area contributed by atoms with Gasteiger partial charge in [-0.15, -0.1) is 0 Å². The van der Waals surface area contributed by atoms with E-state index in [1.54, 1.807) is 0 Å². The highest BCUT2D eigenvalue weighted by Crippen LogP contribution is 2.14. The monoisotopic (exact) mass is 273 g/mol. The third kappa shape index (κ3) is 4.09. The lowest BCUT2D eigenvalue weighted by atomic mass is 10.2.